The molecule has 0 bridgehead atoms. The van der Waals surface area contributed by atoms with Crippen LogP contribution in [0.25, 0.3) is 0 Å². The number of benzene rings is 2. The summed E-state index contributed by atoms with van der Waals surface area (Å²) in [4.78, 5) is 47.7. The molecule has 47 heavy (non-hydrogen) atoms. The van der Waals surface area contributed by atoms with Crippen molar-refractivity contribution in [3.8, 4) is 0 Å². The topological polar surface area (TPSA) is 133 Å². The maximum absolute atomic E-state index is 13.5. The molecule has 3 rings (SSSR count). The molecule has 14 heteroatoms. The number of carbonyl (C=O) groups excluding carboxylic acids is 4. The van der Waals surface area contributed by atoms with Gasteiger partial charge in [-0.1, -0.05) is 30.3 Å². The van der Waals surface area contributed by atoms with Gasteiger partial charge in [-0.3, -0.25) is 10.1 Å². The highest BCUT2D eigenvalue weighted by atomic mass is 19.1. The molecular formula is C33H48F2N6O6. The number of aldehydes is 1. The monoisotopic (exact) mass is 662 g/mol. The van der Waals surface area contributed by atoms with Crippen LogP contribution in [0, 0.1) is 11.6 Å². The number of rotatable bonds is 17. The lowest BCUT2D eigenvalue weighted by Gasteiger charge is -2.45. The largest absolute Gasteiger partial charge is 0.381 e. The van der Waals surface area contributed by atoms with E-state index in [1.165, 1.54) is 34.3 Å². The van der Waals surface area contributed by atoms with Crippen LogP contribution in [0.1, 0.15) is 24.0 Å². The first kappa shape index (κ1) is 40.9. The van der Waals surface area contributed by atoms with Crippen LogP contribution < -0.4 is 16.0 Å². The second kappa shape index (κ2) is 24.1. The van der Waals surface area contributed by atoms with Crippen molar-refractivity contribution in [1.82, 2.24) is 30.9 Å². The van der Waals surface area contributed by atoms with E-state index >= 15 is 0 Å². The lowest BCUT2D eigenvalue weighted by Crippen LogP contribution is -2.69. The van der Waals surface area contributed by atoms with Crippen molar-refractivity contribution in [2.75, 3.05) is 60.6 Å². The summed E-state index contributed by atoms with van der Waals surface area (Å²) in [5.74, 6) is -0.822. The Morgan fingerprint density at radius 2 is 1.87 bits per heavy atom. The van der Waals surface area contributed by atoms with Gasteiger partial charge in [0.25, 0.3) is 0 Å². The van der Waals surface area contributed by atoms with Gasteiger partial charge < -0.3 is 34.6 Å². The first-order valence-electron chi connectivity index (χ1n) is 15.1. The number of hydrogen-bond acceptors (Lipinski definition) is 9. The number of hydrogen-bond donors (Lipinski definition) is 3. The fourth-order valence-corrected chi connectivity index (χ4v) is 4.62. The lowest BCUT2D eigenvalue weighted by molar-refractivity contribution is -0.144. The van der Waals surface area contributed by atoms with Gasteiger partial charge in [0.15, 0.2) is 0 Å². The average Bonchev–Trinajstić information content (AvgIpc) is 3.06. The molecule has 1 fully saturated rings. The van der Waals surface area contributed by atoms with Crippen LogP contribution in [0.4, 0.5) is 13.6 Å². The van der Waals surface area contributed by atoms with Crippen LogP contribution in [0.5, 0.6) is 0 Å². The van der Waals surface area contributed by atoms with Gasteiger partial charge in [-0.2, -0.15) is 0 Å². The minimum absolute atomic E-state index is 0.0444. The molecule has 2 atom stereocenters. The van der Waals surface area contributed by atoms with Crippen molar-refractivity contribution in [3.63, 3.8) is 0 Å². The van der Waals surface area contributed by atoms with Gasteiger partial charge >= 0.3 is 6.03 Å². The van der Waals surface area contributed by atoms with Crippen molar-refractivity contribution in [1.29, 1.82) is 0 Å². The van der Waals surface area contributed by atoms with Crippen LogP contribution in [-0.4, -0.2) is 113 Å². The third-order valence-electron chi connectivity index (χ3n) is 6.83. The van der Waals surface area contributed by atoms with Crippen molar-refractivity contribution >= 4 is 25.0 Å². The number of amides is 3. The predicted octanol–water partition coefficient (Wildman–Crippen LogP) is 2.50. The van der Waals surface area contributed by atoms with E-state index in [2.05, 4.69) is 27.3 Å². The third kappa shape index (κ3) is 15.4. The molecule has 12 nitrogen and oxygen atoms in total. The van der Waals surface area contributed by atoms with E-state index < -0.39 is 18.2 Å². The zero-order chi connectivity index (χ0) is 35.0. The zero-order valence-corrected chi connectivity index (χ0v) is 27.5. The van der Waals surface area contributed by atoms with Gasteiger partial charge in [0, 0.05) is 27.2 Å². The van der Waals surface area contributed by atoms with E-state index in [4.69, 9.17) is 9.53 Å². The highest BCUT2D eigenvalue weighted by Gasteiger charge is 2.39. The minimum Gasteiger partial charge on any atom is -0.381 e. The fraction of sp³-hybridized carbons (Fsp3) is 0.455. The summed E-state index contributed by atoms with van der Waals surface area (Å²) in [6.45, 7) is 7.77. The molecule has 0 aromatic heterocycles. The van der Waals surface area contributed by atoms with Crippen LogP contribution >= 0.6 is 0 Å². The Morgan fingerprint density at radius 3 is 2.47 bits per heavy atom. The zero-order valence-electron chi connectivity index (χ0n) is 27.5. The summed E-state index contributed by atoms with van der Waals surface area (Å²) < 4.78 is 37.0. The molecule has 1 saturated heterocycles. The second-order valence-corrected chi connectivity index (χ2v) is 10.3. The summed E-state index contributed by atoms with van der Waals surface area (Å²) in [5, 5.41) is 12.1. The molecule has 2 aromatic rings. The Kier molecular flexibility index (Phi) is 21.0. The number of hydrazine groups is 1. The molecule has 1 aliphatic rings. The number of ether oxygens (including phenoxy) is 2. The normalized spacial score (nSPS) is 15.5. The summed E-state index contributed by atoms with van der Waals surface area (Å²) in [6, 6.07) is 10.9. The van der Waals surface area contributed by atoms with Crippen LogP contribution in [0.3, 0.4) is 0 Å². The van der Waals surface area contributed by atoms with E-state index in [9.17, 15) is 23.2 Å². The van der Waals surface area contributed by atoms with E-state index in [0.29, 0.717) is 30.4 Å². The number of methoxy groups -OCH3 is 1. The number of nitrogens with zero attached hydrogens (tertiary/aromatic N) is 3. The third-order valence-corrected chi connectivity index (χ3v) is 6.83. The van der Waals surface area contributed by atoms with Crippen LogP contribution in [0.15, 0.2) is 61.2 Å². The van der Waals surface area contributed by atoms with E-state index in [-0.39, 0.29) is 56.9 Å². The van der Waals surface area contributed by atoms with E-state index in [1.54, 1.807) is 49.4 Å². The molecule has 3 N–H and O–H groups in total. The average molecular weight is 663 g/mol. The molecule has 2 aromatic carbocycles. The summed E-state index contributed by atoms with van der Waals surface area (Å²) >= 11 is 0. The van der Waals surface area contributed by atoms with Gasteiger partial charge in [0.1, 0.15) is 30.9 Å². The first-order chi connectivity index (χ1) is 22.7. The maximum atomic E-state index is 13.5. The van der Waals surface area contributed by atoms with E-state index in [1.807, 2.05) is 13.8 Å². The summed E-state index contributed by atoms with van der Waals surface area (Å²) in [6.07, 6.45) is 3.05. The molecule has 1 unspecified atom stereocenters. The van der Waals surface area contributed by atoms with Crippen molar-refractivity contribution < 1.29 is 37.4 Å². The number of likely N-dealkylation sites (N-methyl/N-ethyl adjacent to an activating group) is 1. The fourth-order valence-electron chi connectivity index (χ4n) is 4.62. The molecule has 0 saturated carbocycles. The lowest BCUT2D eigenvalue weighted by atomic mass is 10.1. The number of halogens is 2. The number of carbonyl (C=O) groups is 4. The quantitative estimate of drug-likeness (QED) is 0.101. The highest BCUT2D eigenvalue weighted by Crippen LogP contribution is 2.16. The molecular weight excluding hydrogens is 614 g/mol. The number of piperazine rings is 1. The van der Waals surface area contributed by atoms with Crippen molar-refractivity contribution in [3.05, 3.63) is 83.9 Å². The SMILES string of the molecule is C=CCOC.C=O.CNCCC[C@@H]1NC(N(C(=O)NCc2ccc(F)cc2)N(C)CC=O)CN(CCOCc2cccc(F)c2)C1=O. The van der Waals surface area contributed by atoms with Crippen LogP contribution in [0.2, 0.25) is 0 Å². The minimum atomic E-state index is -0.626. The highest BCUT2D eigenvalue weighted by molar-refractivity contribution is 5.83. The van der Waals surface area contributed by atoms with E-state index in [0.717, 1.165) is 13.0 Å². The Morgan fingerprint density at radius 1 is 1.15 bits per heavy atom. The Bertz CT molecular complexity index is 1210. The van der Waals surface area contributed by atoms with Gasteiger partial charge in [-0.25, -0.2) is 23.6 Å². The maximum Gasteiger partial charge on any atom is 0.333 e. The Balaban J connectivity index is 0.00000144. The van der Waals surface area contributed by atoms with Crippen molar-refractivity contribution in [2.45, 2.75) is 38.2 Å². The molecule has 0 aliphatic carbocycles. The van der Waals surface area contributed by atoms with Crippen molar-refractivity contribution in [2.24, 2.45) is 0 Å². The van der Waals surface area contributed by atoms with Gasteiger partial charge in [-0.05, 0) is 61.8 Å². The molecule has 260 valence electrons. The summed E-state index contributed by atoms with van der Waals surface area (Å²) in [5.41, 5.74) is 1.40. The predicted molar refractivity (Wildman–Crippen MR) is 175 cm³/mol. The Labute approximate surface area is 276 Å². The van der Waals surface area contributed by atoms with Gasteiger partial charge in [0.05, 0.1) is 39.0 Å². The van der Waals surface area contributed by atoms with Gasteiger partial charge in [0.2, 0.25) is 5.91 Å². The second-order valence-electron chi connectivity index (χ2n) is 10.3. The molecule has 0 spiro atoms. The number of nitrogens with one attached hydrogen (secondary N) is 3. The summed E-state index contributed by atoms with van der Waals surface area (Å²) in [7, 11) is 5.09. The molecule has 0 radical (unpaired) electrons. The molecule has 1 heterocycles. The Hall–Kier alpha value is -4.08. The first-order valence-corrected chi connectivity index (χ1v) is 15.1. The van der Waals surface area contributed by atoms with Crippen LogP contribution in [-0.2, 0) is 37.0 Å². The molecule has 3 amide bonds. The smallest absolute Gasteiger partial charge is 0.333 e. The number of urea groups is 1. The molecule has 1 aliphatic heterocycles. The standard InChI is InChI=1S/C28H38F2N6O4.C4H8O.CH2O/c1-31-12-4-7-25-27(38)35(14-16-40-20-22-5-3-6-24(30)17-22)19-26(33-25)36(34(2)13-15-37)28(39)32-18-21-8-10-23(29)11-9-21;1-3-4-5-2;1-2/h3,5-6,8-11,15,17,25-26,31,33H,4,7,12-14,16,18-20H2,1-2H3,(H,32,39);3H,1,4H2,2H3;1H2/t25-,26?;;/m0../s1. The van der Waals surface area contributed by atoms with Gasteiger partial charge in [-0.15, -0.1) is 6.58 Å².